The Morgan fingerprint density at radius 3 is 1.55 bits per heavy atom. The molecule has 2 N–H and O–H groups in total. The van der Waals surface area contributed by atoms with Crippen LogP contribution in [0.5, 0.6) is 0 Å². The highest BCUT2D eigenvalue weighted by atomic mass is 127. The van der Waals surface area contributed by atoms with Gasteiger partial charge in [0.25, 0.3) is 0 Å². The summed E-state index contributed by atoms with van der Waals surface area (Å²) in [6.45, 7) is 0. The van der Waals surface area contributed by atoms with Gasteiger partial charge in [-0.05, 0) is 24.3 Å². The van der Waals surface area contributed by atoms with Crippen molar-refractivity contribution in [3.63, 3.8) is 0 Å². The predicted molar refractivity (Wildman–Crippen MR) is 64.2 cm³/mol. The molecule has 0 aliphatic rings. The van der Waals surface area contributed by atoms with Gasteiger partial charge in [0, 0.05) is 12.1 Å². The highest BCUT2D eigenvalue weighted by Gasteiger charge is 2.18. The van der Waals surface area contributed by atoms with Gasteiger partial charge < -0.3 is 27.2 Å². The summed E-state index contributed by atoms with van der Waals surface area (Å²) in [7, 11) is 0. The largest absolute Gasteiger partial charge is 1.00 e. The Balaban J connectivity index is 0.00000200. The van der Waals surface area contributed by atoms with Crippen LogP contribution >= 0.6 is 0 Å². The van der Waals surface area contributed by atoms with Gasteiger partial charge >= 0.3 is 33.1 Å². The van der Waals surface area contributed by atoms with Crippen LogP contribution in [0.3, 0.4) is 0 Å². The van der Waals surface area contributed by atoms with Crippen molar-refractivity contribution in [1.29, 1.82) is 0 Å². The van der Waals surface area contributed by atoms with E-state index in [0.29, 0.717) is 0 Å². The molecule has 4 nitrogen and oxygen atoms in total. The minimum absolute atomic E-state index is 0. The molecule has 20 heavy (non-hydrogen) atoms. The number of carboxylic acids is 2. The lowest BCUT2D eigenvalue weighted by Crippen LogP contribution is -3.61. The van der Waals surface area contributed by atoms with Gasteiger partial charge in [-0.1, -0.05) is 12.1 Å². The second kappa shape index (κ2) is 7.39. The maximum Gasteiger partial charge on any atom is 0.357 e. The molecule has 0 unspecified atom stereocenters. The lowest BCUT2D eigenvalue weighted by molar-refractivity contribution is -0.597. The van der Waals surface area contributed by atoms with Crippen molar-refractivity contribution in [2.75, 3.05) is 0 Å². The van der Waals surface area contributed by atoms with Gasteiger partial charge in [0.15, 0.2) is 7.14 Å². The predicted octanol–water partition coefficient (Wildman–Crippen LogP) is -3.78. The molecule has 2 aromatic rings. The van der Waals surface area contributed by atoms with E-state index < -0.39 is 33.1 Å². The zero-order chi connectivity index (χ0) is 13.8. The molecule has 0 atom stereocenters. The summed E-state index contributed by atoms with van der Waals surface area (Å²) >= 11 is -0.583. The number of halogens is 2. The first-order chi connectivity index (χ1) is 9.06. The third-order valence-electron chi connectivity index (χ3n) is 2.36. The third kappa shape index (κ3) is 4.31. The van der Waals surface area contributed by atoms with Crippen LogP contribution in [0.2, 0.25) is 0 Å². The number of rotatable bonds is 4. The number of carboxylic acid groups (broad SMARTS) is 2. The average Bonchev–Trinajstić information content (AvgIpc) is 2.39. The van der Waals surface area contributed by atoms with Crippen molar-refractivity contribution in [3.05, 3.63) is 66.8 Å². The van der Waals surface area contributed by atoms with Crippen molar-refractivity contribution >= 4 is 11.9 Å². The molecular weight excluding hydrogens is 439 g/mol. The Hall–Kier alpha value is -1.41. The Morgan fingerprint density at radius 2 is 1.20 bits per heavy atom. The van der Waals surface area contributed by atoms with E-state index in [9.17, 15) is 9.59 Å². The molecule has 104 valence electrons. The summed E-state index contributed by atoms with van der Waals surface area (Å²) in [6, 6.07) is 13.5. The van der Waals surface area contributed by atoms with Crippen molar-refractivity contribution in [1.82, 2.24) is 0 Å². The second-order valence-electron chi connectivity index (χ2n) is 3.73. The molecule has 2 rings (SSSR count). The molecule has 0 saturated heterocycles. The smallest absolute Gasteiger partial charge is 0.357 e. The Labute approximate surface area is 136 Å². The molecule has 0 aliphatic heterocycles. The number of carbonyl (C=O) groups is 2. The Kier molecular flexibility index (Phi) is 6.15. The maximum absolute atomic E-state index is 10.9. The monoisotopic (exact) mass is 448 g/mol. The van der Waals surface area contributed by atoms with Crippen LogP contribution in [0.25, 0.3) is 0 Å². The van der Waals surface area contributed by atoms with Crippen molar-refractivity contribution in [3.8, 4) is 0 Å². The topological polar surface area (TPSA) is 74.6 Å². The minimum Gasteiger partial charge on any atom is -1.00 e. The van der Waals surface area contributed by atoms with Gasteiger partial charge in [0.2, 0.25) is 0 Å². The highest BCUT2D eigenvalue weighted by Crippen LogP contribution is 1.99. The third-order valence-corrected chi connectivity index (χ3v) is 4.95. The Bertz CT molecular complexity index is 587. The van der Waals surface area contributed by atoms with Crippen LogP contribution in [-0.4, -0.2) is 22.2 Å². The first kappa shape index (κ1) is 16.6. The zero-order valence-corrected chi connectivity index (χ0v) is 13.8. The van der Waals surface area contributed by atoms with Gasteiger partial charge in [-0.2, -0.15) is 0 Å². The average molecular weight is 449 g/mol. The molecular formula is C14H10BrIO4. The van der Waals surface area contributed by atoms with Crippen LogP contribution in [0.1, 0.15) is 20.7 Å². The molecule has 0 aromatic heterocycles. The van der Waals surface area contributed by atoms with E-state index >= 15 is 0 Å². The zero-order valence-electron chi connectivity index (χ0n) is 10.1. The van der Waals surface area contributed by atoms with Crippen LogP contribution in [-0.2, 0) is 0 Å². The summed E-state index contributed by atoms with van der Waals surface area (Å²) < 4.78 is 1.89. The highest BCUT2D eigenvalue weighted by molar-refractivity contribution is 5.87. The molecule has 0 fully saturated rings. The van der Waals surface area contributed by atoms with Gasteiger partial charge in [-0.15, -0.1) is 0 Å². The minimum atomic E-state index is -0.954. The van der Waals surface area contributed by atoms with Crippen molar-refractivity contribution in [2.24, 2.45) is 0 Å². The van der Waals surface area contributed by atoms with E-state index in [2.05, 4.69) is 0 Å². The molecule has 0 bridgehead atoms. The molecule has 0 amide bonds. The standard InChI is InChI=1S/C14H9IO4.BrH/c16-13(17)9-3-1-5-11(7-9)15-12-6-2-4-10(8-12)14(18)19;/h1-8H,(H-,16,17,18,19);1H. The lowest BCUT2D eigenvalue weighted by Gasteiger charge is -1.94. The molecule has 0 spiro atoms. The lowest BCUT2D eigenvalue weighted by atomic mass is 10.2. The molecule has 0 radical (unpaired) electrons. The molecule has 6 heteroatoms. The quantitative estimate of drug-likeness (QED) is 0.471. The first-order valence-electron chi connectivity index (χ1n) is 5.38. The number of aromatic carboxylic acids is 2. The fourth-order valence-corrected chi connectivity index (χ4v) is 3.96. The summed E-state index contributed by atoms with van der Waals surface area (Å²) in [6.07, 6.45) is 0. The summed E-state index contributed by atoms with van der Waals surface area (Å²) in [5, 5.41) is 17.9. The van der Waals surface area contributed by atoms with Gasteiger partial charge in [0.1, 0.15) is 0 Å². The van der Waals surface area contributed by atoms with Crippen LogP contribution < -0.4 is 38.2 Å². The first-order valence-corrected chi connectivity index (χ1v) is 7.53. The van der Waals surface area contributed by atoms with Crippen molar-refractivity contribution in [2.45, 2.75) is 0 Å². The normalized spacial score (nSPS) is 9.60. The molecule has 0 aliphatic carbocycles. The number of benzene rings is 2. The van der Waals surface area contributed by atoms with Crippen LogP contribution in [0, 0.1) is 7.14 Å². The Morgan fingerprint density at radius 1 is 0.800 bits per heavy atom. The molecule has 0 saturated carbocycles. The molecule has 0 heterocycles. The van der Waals surface area contributed by atoms with E-state index in [-0.39, 0.29) is 28.1 Å². The van der Waals surface area contributed by atoms with Gasteiger partial charge in [0.05, 0.1) is 11.1 Å². The molecule has 2 aromatic carbocycles. The van der Waals surface area contributed by atoms with E-state index in [1.807, 2.05) is 12.1 Å². The summed E-state index contributed by atoms with van der Waals surface area (Å²) in [5.74, 6) is -1.91. The number of hydrogen-bond acceptors (Lipinski definition) is 2. The fourth-order valence-electron chi connectivity index (χ4n) is 1.49. The second-order valence-corrected chi connectivity index (χ2v) is 6.76. The van der Waals surface area contributed by atoms with Gasteiger partial charge in [-0.25, -0.2) is 9.59 Å². The van der Waals surface area contributed by atoms with E-state index in [0.717, 1.165) is 7.14 Å². The van der Waals surface area contributed by atoms with Gasteiger partial charge in [-0.3, -0.25) is 0 Å². The van der Waals surface area contributed by atoms with Crippen LogP contribution in [0.4, 0.5) is 0 Å². The maximum atomic E-state index is 10.9. The SMILES string of the molecule is O=C(O)c1cccc([I+]c2cccc(C(=O)O)c2)c1.[Br-]. The van der Waals surface area contributed by atoms with Crippen molar-refractivity contribution < 1.29 is 58.0 Å². The van der Waals surface area contributed by atoms with E-state index in [1.54, 1.807) is 36.4 Å². The summed E-state index contributed by atoms with van der Waals surface area (Å²) in [5.41, 5.74) is 0.512. The number of hydrogen-bond donors (Lipinski definition) is 2. The van der Waals surface area contributed by atoms with Crippen LogP contribution in [0.15, 0.2) is 48.5 Å². The van der Waals surface area contributed by atoms with E-state index in [4.69, 9.17) is 10.2 Å². The fraction of sp³-hybridized carbons (Fsp3) is 0. The van der Waals surface area contributed by atoms with E-state index in [1.165, 1.54) is 0 Å². The summed E-state index contributed by atoms with van der Waals surface area (Å²) in [4.78, 5) is 21.8.